The molecule has 0 saturated heterocycles. The summed E-state index contributed by atoms with van der Waals surface area (Å²) in [4.78, 5) is 14.7. The standard InChI is InChI=1S/C10H9BrN2O3/c11-10-6-2-1-3-8(14)13(6)7(12-10)4-5-9(15)16/h1-3,14H,4-5H2,(H,15,16). The van der Waals surface area contributed by atoms with E-state index in [9.17, 15) is 9.90 Å². The van der Waals surface area contributed by atoms with Gasteiger partial charge < -0.3 is 10.2 Å². The van der Waals surface area contributed by atoms with E-state index >= 15 is 0 Å². The molecule has 0 amide bonds. The van der Waals surface area contributed by atoms with Crippen molar-refractivity contribution in [3.05, 3.63) is 28.6 Å². The summed E-state index contributed by atoms with van der Waals surface area (Å²) < 4.78 is 2.14. The highest BCUT2D eigenvalue weighted by Crippen LogP contribution is 2.24. The number of carboxylic acids is 1. The van der Waals surface area contributed by atoms with Crippen LogP contribution in [0.25, 0.3) is 5.52 Å². The van der Waals surface area contributed by atoms with Crippen molar-refractivity contribution in [3.63, 3.8) is 0 Å². The van der Waals surface area contributed by atoms with Crippen molar-refractivity contribution in [3.8, 4) is 5.88 Å². The molecular weight excluding hydrogens is 276 g/mol. The fourth-order valence-electron chi connectivity index (χ4n) is 1.54. The van der Waals surface area contributed by atoms with E-state index in [1.165, 1.54) is 10.5 Å². The monoisotopic (exact) mass is 284 g/mol. The number of aromatic nitrogens is 2. The number of carboxylic acid groups (broad SMARTS) is 1. The second kappa shape index (κ2) is 4.13. The average molecular weight is 285 g/mol. The van der Waals surface area contributed by atoms with Crippen LogP contribution in [-0.2, 0) is 11.2 Å². The van der Waals surface area contributed by atoms with Gasteiger partial charge >= 0.3 is 5.97 Å². The fourth-order valence-corrected chi connectivity index (χ4v) is 2.05. The molecule has 0 atom stereocenters. The maximum atomic E-state index is 10.5. The lowest BCUT2D eigenvalue weighted by Crippen LogP contribution is -2.01. The van der Waals surface area contributed by atoms with E-state index in [1.807, 2.05) is 0 Å². The van der Waals surface area contributed by atoms with E-state index < -0.39 is 5.97 Å². The SMILES string of the molecule is O=C(O)CCc1nc(Br)c2cccc(O)n12. The Balaban J connectivity index is 2.49. The number of aliphatic carboxylic acids is 1. The predicted molar refractivity (Wildman–Crippen MR) is 60.5 cm³/mol. The van der Waals surface area contributed by atoms with Crippen LogP contribution in [0.2, 0.25) is 0 Å². The summed E-state index contributed by atoms with van der Waals surface area (Å²) in [6, 6.07) is 5.03. The molecule has 0 unspecified atom stereocenters. The van der Waals surface area contributed by atoms with Gasteiger partial charge in [0, 0.05) is 6.42 Å². The number of halogens is 1. The average Bonchev–Trinajstić information content (AvgIpc) is 2.55. The van der Waals surface area contributed by atoms with E-state index in [0.29, 0.717) is 10.4 Å². The zero-order valence-electron chi connectivity index (χ0n) is 8.22. The second-order valence-corrected chi connectivity index (χ2v) is 4.07. The summed E-state index contributed by atoms with van der Waals surface area (Å²) in [5, 5.41) is 18.3. The minimum absolute atomic E-state index is 0.0140. The Hall–Kier alpha value is -1.56. The van der Waals surface area contributed by atoms with Crippen molar-refractivity contribution in [1.82, 2.24) is 9.38 Å². The van der Waals surface area contributed by atoms with Gasteiger partial charge in [0.05, 0.1) is 11.9 Å². The summed E-state index contributed by atoms with van der Waals surface area (Å²) in [7, 11) is 0. The lowest BCUT2D eigenvalue weighted by Gasteiger charge is -2.01. The third-order valence-electron chi connectivity index (χ3n) is 2.23. The number of rotatable bonds is 3. The molecule has 2 aromatic heterocycles. The third kappa shape index (κ3) is 1.88. The smallest absolute Gasteiger partial charge is 0.303 e. The number of imidazole rings is 1. The second-order valence-electron chi connectivity index (χ2n) is 3.32. The van der Waals surface area contributed by atoms with E-state index in [0.717, 1.165) is 5.52 Å². The van der Waals surface area contributed by atoms with Gasteiger partial charge in [-0.15, -0.1) is 0 Å². The van der Waals surface area contributed by atoms with Crippen LogP contribution in [0.3, 0.4) is 0 Å². The number of aryl methyl sites for hydroxylation is 1. The van der Waals surface area contributed by atoms with Gasteiger partial charge in [0.25, 0.3) is 0 Å². The molecular formula is C10H9BrN2O3. The van der Waals surface area contributed by atoms with Gasteiger partial charge in [-0.05, 0) is 28.1 Å². The molecule has 6 heteroatoms. The van der Waals surface area contributed by atoms with Crippen molar-refractivity contribution >= 4 is 27.4 Å². The van der Waals surface area contributed by atoms with E-state index in [1.54, 1.807) is 12.1 Å². The fraction of sp³-hybridized carbons (Fsp3) is 0.200. The molecule has 2 rings (SSSR count). The summed E-state index contributed by atoms with van der Waals surface area (Å²) in [6.45, 7) is 0. The number of hydrogen-bond acceptors (Lipinski definition) is 3. The number of pyridine rings is 1. The minimum atomic E-state index is -0.886. The van der Waals surface area contributed by atoms with Gasteiger partial charge in [0.1, 0.15) is 10.4 Å². The molecule has 5 nitrogen and oxygen atoms in total. The number of nitrogens with zero attached hydrogens (tertiary/aromatic N) is 2. The lowest BCUT2D eigenvalue weighted by molar-refractivity contribution is -0.137. The van der Waals surface area contributed by atoms with E-state index in [2.05, 4.69) is 20.9 Å². The first-order chi connectivity index (χ1) is 7.59. The summed E-state index contributed by atoms with van der Waals surface area (Å²) in [5.74, 6) is -0.304. The van der Waals surface area contributed by atoms with Crippen molar-refractivity contribution in [2.45, 2.75) is 12.8 Å². The molecule has 0 aliphatic rings. The van der Waals surface area contributed by atoms with Crippen LogP contribution in [0.5, 0.6) is 5.88 Å². The molecule has 0 fully saturated rings. The number of aromatic hydroxyl groups is 1. The first-order valence-corrected chi connectivity index (χ1v) is 5.45. The zero-order chi connectivity index (χ0) is 11.7. The van der Waals surface area contributed by atoms with Crippen LogP contribution in [0, 0.1) is 0 Å². The van der Waals surface area contributed by atoms with Gasteiger partial charge in [-0.3, -0.25) is 9.20 Å². The maximum Gasteiger partial charge on any atom is 0.303 e. The van der Waals surface area contributed by atoms with E-state index in [4.69, 9.17) is 5.11 Å². The van der Waals surface area contributed by atoms with Crippen LogP contribution in [0.4, 0.5) is 0 Å². The molecule has 2 heterocycles. The normalized spacial score (nSPS) is 10.8. The maximum absolute atomic E-state index is 10.5. The van der Waals surface area contributed by atoms with Crippen LogP contribution in [0.1, 0.15) is 12.2 Å². The molecule has 0 radical (unpaired) electrons. The number of carbonyl (C=O) groups is 1. The quantitative estimate of drug-likeness (QED) is 0.902. The van der Waals surface area contributed by atoms with Gasteiger partial charge in [-0.1, -0.05) is 6.07 Å². The number of fused-ring (bicyclic) bond motifs is 1. The van der Waals surface area contributed by atoms with Gasteiger partial charge in [0.15, 0.2) is 5.88 Å². The zero-order valence-corrected chi connectivity index (χ0v) is 9.81. The molecule has 0 spiro atoms. The number of hydrogen-bond donors (Lipinski definition) is 2. The largest absolute Gasteiger partial charge is 0.494 e. The van der Waals surface area contributed by atoms with E-state index in [-0.39, 0.29) is 18.7 Å². The van der Waals surface area contributed by atoms with Crippen LogP contribution < -0.4 is 0 Å². The van der Waals surface area contributed by atoms with Crippen LogP contribution in [0.15, 0.2) is 22.8 Å². The summed E-state index contributed by atoms with van der Waals surface area (Å²) in [6.07, 6.45) is 0.263. The Labute approximate surface area is 99.5 Å². The topological polar surface area (TPSA) is 74.8 Å². The van der Waals surface area contributed by atoms with Crippen molar-refractivity contribution in [1.29, 1.82) is 0 Å². The molecule has 0 aliphatic heterocycles. The highest BCUT2D eigenvalue weighted by Gasteiger charge is 2.12. The van der Waals surface area contributed by atoms with Crippen molar-refractivity contribution in [2.24, 2.45) is 0 Å². The van der Waals surface area contributed by atoms with Gasteiger partial charge in [-0.2, -0.15) is 0 Å². The molecule has 0 bridgehead atoms. The lowest BCUT2D eigenvalue weighted by atomic mass is 10.3. The summed E-state index contributed by atoms with van der Waals surface area (Å²) >= 11 is 3.27. The third-order valence-corrected chi connectivity index (χ3v) is 2.81. The first kappa shape index (κ1) is 10.9. The van der Waals surface area contributed by atoms with Crippen molar-refractivity contribution in [2.75, 3.05) is 0 Å². The minimum Gasteiger partial charge on any atom is -0.494 e. The Morgan fingerprint density at radius 2 is 2.25 bits per heavy atom. The molecule has 2 aromatic rings. The Morgan fingerprint density at radius 3 is 2.94 bits per heavy atom. The van der Waals surface area contributed by atoms with Crippen LogP contribution in [-0.4, -0.2) is 25.6 Å². The van der Waals surface area contributed by atoms with Crippen molar-refractivity contribution < 1.29 is 15.0 Å². The molecule has 0 saturated carbocycles. The highest BCUT2D eigenvalue weighted by molar-refractivity contribution is 9.10. The van der Waals surface area contributed by atoms with Gasteiger partial charge in [0.2, 0.25) is 0 Å². The van der Waals surface area contributed by atoms with Crippen LogP contribution >= 0.6 is 15.9 Å². The predicted octanol–water partition coefficient (Wildman–Crippen LogP) is 1.82. The first-order valence-electron chi connectivity index (χ1n) is 4.66. The Kier molecular flexibility index (Phi) is 2.82. The highest BCUT2D eigenvalue weighted by atomic mass is 79.9. The molecule has 84 valence electrons. The molecule has 0 aliphatic carbocycles. The molecule has 2 N–H and O–H groups in total. The summed E-state index contributed by atoms with van der Waals surface area (Å²) in [5.41, 5.74) is 0.723. The Bertz CT molecular complexity index is 550. The molecule has 16 heavy (non-hydrogen) atoms. The van der Waals surface area contributed by atoms with Gasteiger partial charge in [-0.25, -0.2) is 4.98 Å². The molecule has 0 aromatic carbocycles. The Morgan fingerprint density at radius 1 is 1.50 bits per heavy atom.